The molecule has 1 amide bonds. The number of hydrogen-bond donors (Lipinski definition) is 1. The molecule has 1 N–H and O–H groups in total. The smallest absolute Gasteiger partial charge is 0.295 e. The van der Waals surface area contributed by atoms with Gasteiger partial charge in [-0.05, 0) is 30.7 Å². The topological polar surface area (TPSA) is 76.1 Å². The summed E-state index contributed by atoms with van der Waals surface area (Å²) in [6, 6.07) is 11.7. The third kappa shape index (κ3) is 3.14. The van der Waals surface area contributed by atoms with Crippen LogP contribution in [0.25, 0.3) is 5.76 Å². The minimum absolute atomic E-state index is 0.0542. The molecular formula is C21H21NO5. The molecule has 0 bridgehead atoms. The van der Waals surface area contributed by atoms with Gasteiger partial charge in [0.1, 0.15) is 5.76 Å². The van der Waals surface area contributed by atoms with E-state index < -0.39 is 17.7 Å². The Morgan fingerprint density at radius 3 is 2.22 bits per heavy atom. The highest BCUT2D eigenvalue weighted by molar-refractivity contribution is 6.46. The van der Waals surface area contributed by atoms with Crippen molar-refractivity contribution >= 4 is 17.4 Å². The van der Waals surface area contributed by atoms with Crippen molar-refractivity contribution in [2.45, 2.75) is 13.0 Å². The summed E-state index contributed by atoms with van der Waals surface area (Å²) >= 11 is 0. The number of Topliss-reactive ketones (excluding diaryl/α,β-unsaturated/α-hetero) is 1. The van der Waals surface area contributed by atoms with Crippen molar-refractivity contribution in [2.75, 3.05) is 21.3 Å². The minimum atomic E-state index is -0.713. The molecule has 140 valence electrons. The van der Waals surface area contributed by atoms with Crippen LogP contribution in [0.1, 0.15) is 22.7 Å². The first kappa shape index (κ1) is 18.5. The number of aryl methyl sites for hydroxylation is 1. The Labute approximate surface area is 157 Å². The average molecular weight is 367 g/mol. The maximum absolute atomic E-state index is 12.6. The number of benzene rings is 2. The molecule has 6 nitrogen and oxygen atoms in total. The lowest BCUT2D eigenvalue weighted by atomic mass is 9.95. The van der Waals surface area contributed by atoms with Crippen LogP contribution in [0.4, 0.5) is 0 Å². The van der Waals surface area contributed by atoms with Gasteiger partial charge in [0.2, 0.25) is 0 Å². The lowest BCUT2D eigenvalue weighted by Crippen LogP contribution is -2.24. The number of carbonyl (C=O) groups excluding carboxylic acids is 2. The molecule has 2 aromatic carbocycles. The summed E-state index contributed by atoms with van der Waals surface area (Å²) in [5.74, 6) is -0.693. The van der Waals surface area contributed by atoms with Crippen LogP contribution >= 0.6 is 0 Å². The van der Waals surface area contributed by atoms with Crippen molar-refractivity contribution in [2.24, 2.45) is 0 Å². The van der Waals surface area contributed by atoms with E-state index >= 15 is 0 Å². The van der Waals surface area contributed by atoms with E-state index in [1.165, 1.54) is 19.1 Å². The Kier molecular flexibility index (Phi) is 4.90. The van der Waals surface area contributed by atoms with Gasteiger partial charge in [-0.1, -0.05) is 29.8 Å². The van der Waals surface area contributed by atoms with Crippen LogP contribution in [-0.4, -0.2) is 43.0 Å². The molecule has 0 radical (unpaired) electrons. The van der Waals surface area contributed by atoms with E-state index in [0.29, 0.717) is 17.1 Å². The van der Waals surface area contributed by atoms with E-state index in [4.69, 9.17) is 9.47 Å². The maximum Gasteiger partial charge on any atom is 0.295 e. The first-order valence-corrected chi connectivity index (χ1v) is 8.42. The summed E-state index contributed by atoms with van der Waals surface area (Å²) in [7, 11) is 4.55. The van der Waals surface area contributed by atoms with Crippen LogP contribution in [0.2, 0.25) is 0 Å². The zero-order chi connectivity index (χ0) is 19.7. The quantitative estimate of drug-likeness (QED) is 0.511. The maximum atomic E-state index is 12.6. The highest BCUT2D eigenvalue weighted by atomic mass is 16.5. The van der Waals surface area contributed by atoms with Gasteiger partial charge in [0.25, 0.3) is 11.7 Å². The molecule has 1 unspecified atom stereocenters. The number of nitrogens with zero attached hydrogens (tertiary/aromatic N) is 1. The number of likely N-dealkylation sites (N-methyl/N-ethyl adjacent to an activating group) is 1. The molecule has 1 aliphatic heterocycles. The fourth-order valence-electron chi connectivity index (χ4n) is 3.23. The molecule has 1 fully saturated rings. The first-order valence-electron chi connectivity index (χ1n) is 8.42. The van der Waals surface area contributed by atoms with Crippen LogP contribution < -0.4 is 9.47 Å². The average Bonchev–Trinajstić information content (AvgIpc) is 2.91. The molecule has 0 saturated carbocycles. The molecule has 1 saturated heterocycles. The Balaban J connectivity index is 2.16. The van der Waals surface area contributed by atoms with E-state index in [0.717, 1.165) is 11.1 Å². The van der Waals surface area contributed by atoms with Crippen molar-refractivity contribution in [3.63, 3.8) is 0 Å². The SMILES string of the molecule is COc1ccc(C(O)=C2C(=O)C(=O)N(C)C2c2ccc(C)cc2)cc1OC. The van der Waals surface area contributed by atoms with E-state index in [1.807, 2.05) is 31.2 Å². The van der Waals surface area contributed by atoms with Crippen molar-refractivity contribution in [1.82, 2.24) is 4.90 Å². The van der Waals surface area contributed by atoms with Crippen LogP contribution in [-0.2, 0) is 9.59 Å². The normalized spacial score (nSPS) is 18.7. The van der Waals surface area contributed by atoms with Crippen LogP contribution in [0.15, 0.2) is 48.0 Å². The Morgan fingerprint density at radius 1 is 1.00 bits per heavy atom. The van der Waals surface area contributed by atoms with Crippen LogP contribution in [0.3, 0.4) is 0 Å². The number of hydrogen-bond acceptors (Lipinski definition) is 5. The standard InChI is InChI=1S/C21H21NO5/c1-12-5-7-13(8-6-12)18-17(20(24)21(25)22(18)2)19(23)14-9-10-15(26-3)16(11-14)27-4/h5-11,18,23H,1-4H3. The van der Waals surface area contributed by atoms with E-state index in [-0.39, 0.29) is 11.3 Å². The van der Waals surface area contributed by atoms with Crippen molar-refractivity contribution < 1.29 is 24.2 Å². The lowest BCUT2D eigenvalue weighted by Gasteiger charge is -2.21. The highest BCUT2D eigenvalue weighted by Gasteiger charge is 2.44. The molecule has 0 aliphatic carbocycles. The second-order valence-electron chi connectivity index (χ2n) is 6.39. The van der Waals surface area contributed by atoms with Crippen LogP contribution in [0.5, 0.6) is 11.5 Å². The molecule has 3 rings (SSSR count). The Morgan fingerprint density at radius 2 is 1.63 bits per heavy atom. The zero-order valence-corrected chi connectivity index (χ0v) is 15.6. The van der Waals surface area contributed by atoms with Crippen LogP contribution in [0, 0.1) is 6.92 Å². The van der Waals surface area contributed by atoms with E-state index in [2.05, 4.69) is 0 Å². The number of ether oxygens (including phenoxy) is 2. The van der Waals surface area contributed by atoms with Gasteiger partial charge in [-0.25, -0.2) is 0 Å². The third-order valence-electron chi connectivity index (χ3n) is 4.73. The number of carbonyl (C=O) groups is 2. The molecule has 6 heteroatoms. The van der Waals surface area contributed by atoms with Gasteiger partial charge < -0.3 is 19.5 Å². The van der Waals surface area contributed by atoms with Gasteiger partial charge in [0.15, 0.2) is 11.5 Å². The van der Waals surface area contributed by atoms with Gasteiger partial charge in [0.05, 0.1) is 25.8 Å². The highest BCUT2D eigenvalue weighted by Crippen LogP contribution is 2.39. The Hall–Kier alpha value is -3.28. The summed E-state index contributed by atoms with van der Waals surface area (Å²) in [5, 5.41) is 10.9. The zero-order valence-electron chi connectivity index (χ0n) is 15.6. The van der Waals surface area contributed by atoms with Gasteiger partial charge >= 0.3 is 0 Å². The molecule has 0 aromatic heterocycles. The second-order valence-corrected chi connectivity index (χ2v) is 6.39. The van der Waals surface area contributed by atoms with Gasteiger partial charge in [0, 0.05) is 12.6 Å². The predicted octanol–water partition coefficient (Wildman–Crippen LogP) is 3.06. The summed E-state index contributed by atoms with van der Waals surface area (Å²) in [6.07, 6.45) is 0. The fourth-order valence-corrected chi connectivity index (χ4v) is 3.23. The van der Waals surface area contributed by atoms with Crippen molar-refractivity contribution in [1.29, 1.82) is 0 Å². The number of aliphatic hydroxyl groups is 1. The molecule has 1 heterocycles. The number of amides is 1. The number of rotatable bonds is 4. The fraction of sp³-hybridized carbons (Fsp3) is 0.238. The molecule has 0 spiro atoms. The second kappa shape index (κ2) is 7.15. The summed E-state index contributed by atoms with van der Waals surface area (Å²) in [5.41, 5.74) is 2.24. The van der Waals surface area contributed by atoms with Crippen molar-refractivity contribution in [3.05, 3.63) is 64.7 Å². The number of methoxy groups -OCH3 is 2. The number of aliphatic hydroxyl groups excluding tert-OH is 1. The van der Waals surface area contributed by atoms with Gasteiger partial charge in [-0.15, -0.1) is 0 Å². The summed E-state index contributed by atoms with van der Waals surface area (Å²) in [4.78, 5) is 26.3. The lowest BCUT2D eigenvalue weighted by molar-refractivity contribution is -0.139. The summed E-state index contributed by atoms with van der Waals surface area (Å²) in [6.45, 7) is 1.95. The third-order valence-corrected chi connectivity index (χ3v) is 4.73. The summed E-state index contributed by atoms with van der Waals surface area (Å²) < 4.78 is 10.5. The van der Waals surface area contributed by atoms with Crippen molar-refractivity contribution in [3.8, 4) is 11.5 Å². The number of ketones is 1. The number of likely N-dealkylation sites (tertiary alicyclic amines) is 1. The predicted molar refractivity (Wildman–Crippen MR) is 101 cm³/mol. The molecule has 1 atom stereocenters. The molecule has 2 aromatic rings. The van der Waals surface area contributed by atoms with Gasteiger partial charge in [-0.3, -0.25) is 9.59 Å². The largest absolute Gasteiger partial charge is 0.507 e. The van der Waals surface area contributed by atoms with E-state index in [1.54, 1.807) is 25.2 Å². The molecule has 1 aliphatic rings. The van der Waals surface area contributed by atoms with Gasteiger partial charge in [-0.2, -0.15) is 0 Å². The Bertz CT molecular complexity index is 930. The monoisotopic (exact) mass is 367 g/mol. The van der Waals surface area contributed by atoms with E-state index in [9.17, 15) is 14.7 Å². The molecular weight excluding hydrogens is 346 g/mol. The molecule has 27 heavy (non-hydrogen) atoms. The first-order chi connectivity index (χ1) is 12.9. The minimum Gasteiger partial charge on any atom is -0.507 e.